The average Bonchev–Trinajstić information content (AvgIpc) is 1.98. The predicted molar refractivity (Wildman–Crippen MR) is 71.6 cm³/mol. The highest BCUT2D eigenvalue weighted by atomic mass is 28.4. The summed E-state index contributed by atoms with van der Waals surface area (Å²) in [6, 6.07) is 0.212. The molecule has 0 heterocycles. The largest absolute Gasteiger partial charge is 0.399 e. The van der Waals surface area contributed by atoms with Crippen LogP contribution in [0.1, 0.15) is 46.5 Å². The van der Waals surface area contributed by atoms with E-state index in [1.54, 1.807) is 0 Å². The molecule has 0 bridgehead atoms. The van der Waals surface area contributed by atoms with Crippen molar-refractivity contribution in [3.63, 3.8) is 0 Å². The van der Waals surface area contributed by atoms with Gasteiger partial charge in [-0.25, -0.2) is 0 Å². The molecule has 4 heteroatoms. The SMILES string of the molecule is CC(C)(C)[Si](C)(C)OC1(N)CCCC(N)C1. The van der Waals surface area contributed by atoms with Gasteiger partial charge >= 0.3 is 0 Å². The van der Waals surface area contributed by atoms with Gasteiger partial charge in [-0.1, -0.05) is 20.8 Å². The van der Waals surface area contributed by atoms with E-state index >= 15 is 0 Å². The molecule has 0 aliphatic heterocycles. The first kappa shape index (κ1) is 14.2. The lowest BCUT2D eigenvalue weighted by atomic mass is 9.89. The Bertz CT molecular complexity index is 250. The van der Waals surface area contributed by atoms with Crippen LogP contribution in [-0.4, -0.2) is 20.1 Å². The summed E-state index contributed by atoms with van der Waals surface area (Å²) in [4.78, 5) is 0. The van der Waals surface area contributed by atoms with Crippen molar-refractivity contribution in [2.45, 2.75) is 76.4 Å². The predicted octanol–water partition coefficient (Wildman–Crippen LogP) is 2.56. The number of nitrogens with two attached hydrogens (primary N) is 2. The second-order valence-electron chi connectivity index (χ2n) is 6.78. The van der Waals surface area contributed by atoms with Crippen LogP contribution in [0.25, 0.3) is 0 Å². The molecule has 1 rings (SSSR count). The molecular formula is C12H28N2OSi. The van der Waals surface area contributed by atoms with Gasteiger partial charge < -0.3 is 15.9 Å². The summed E-state index contributed by atoms with van der Waals surface area (Å²) in [5, 5.41) is 0.209. The van der Waals surface area contributed by atoms with Gasteiger partial charge in [0.25, 0.3) is 0 Å². The van der Waals surface area contributed by atoms with Crippen LogP contribution in [-0.2, 0) is 4.43 Å². The normalized spacial score (nSPS) is 32.8. The standard InChI is InChI=1S/C12H28N2OSi/c1-11(2,3)16(4,5)15-12(14)8-6-7-10(13)9-12/h10H,6-9,13-14H2,1-5H3. The van der Waals surface area contributed by atoms with Gasteiger partial charge in [0.2, 0.25) is 0 Å². The Balaban J connectivity index is 2.72. The lowest BCUT2D eigenvalue weighted by molar-refractivity contribution is 0.0158. The molecule has 0 aromatic rings. The fraction of sp³-hybridized carbons (Fsp3) is 1.00. The summed E-state index contributed by atoms with van der Waals surface area (Å²) in [6.45, 7) is 11.2. The molecular weight excluding hydrogens is 216 g/mol. The van der Waals surface area contributed by atoms with Crippen molar-refractivity contribution in [3.05, 3.63) is 0 Å². The lowest BCUT2D eigenvalue weighted by Crippen LogP contribution is -2.58. The molecule has 0 radical (unpaired) electrons. The molecule has 1 saturated carbocycles. The zero-order chi connectivity index (χ0) is 12.6. The highest BCUT2D eigenvalue weighted by molar-refractivity contribution is 6.74. The number of hydrogen-bond donors (Lipinski definition) is 2. The molecule has 0 saturated heterocycles. The van der Waals surface area contributed by atoms with E-state index in [2.05, 4.69) is 33.9 Å². The summed E-state index contributed by atoms with van der Waals surface area (Å²) in [7, 11) is -1.77. The maximum Gasteiger partial charge on any atom is 0.194 e. The van der Waals surface area contributed by atoms with E-state index in [0.29, 0.717) is 0 Å². The molecule has 0 spiro atoms. The van der Waals surface area contributed by atoms with E-state index in [-0.39, 0.29) is 11.1 Å². The molecule has 16 heavy (non-hydrogen) atoms. The van der Waals surface area contributed by atoms with Crippen LogP contribution in [0.15, 0.2) is 0 Å². The van der Waals surface area contributed by atoms with Gasteiger partial charge in [-0.3, -0.25) is 0 Å². The third-order valence-corrected chi connectivity index (χ3v) is 8.58. The van der Waals surface area contributed by atoms with Gasteiger partial charge in [-0.15, -0.1) is 0 Å². The van der Waals surface area contributed by atoms with Crippen LogP contribution < -0.4 is 11.5 Å². The third-order valence-electron chi connectivity index (χ3n) is 4.05. The monoisotopic (exact) mass is 244 g/mol. The van der Waals surface area contributed by atoms with Crippen molar-refractivity contribution >= 4 is 8.32 Å². The molecule has 96 valence electrons. The Morgan fingerprint density at radius 3 is 2.31 bits per heavy atom. The second kappa shape index (κ2) is 4.41. The minimum atomic E-state index is -1.77. The molecule has 2 atom stereocenters. The van der Waals surface area contributed by atoms with E-state index in [1.165, 1.54) is 0 Å². The number of hydrogen-bond acceptors (Lipinski definition) is 3. The van der Waals surface area contributed by atoms with Crippen LogP contribution in [0.5, 0.6) is 0 Å². The lowest BCUT2D eigenvalue weighted by Gasteiger charge is -2.46. The molecule has 0 aromatic carbocycles. The van der Waals surface area contributed by atoms with Crippen LogP contribution in [0.3, 0.4) is 0 Å². The smallest absolute Gasteiger partial charge is 0.194 e. The summed E-state index contributed by atoms with van der Waals surface area (Å²) >= 11 is 0. The third kappa shape index (κ3) is 3.29. The summed E-state index contributed by atoms with van der Waals surface area (Å²) in [5.74, 6) is 0. The summed E-state index contributed by atoms with van der Waals surface area (Å²) in [5.41, 5.74) is 11.9. The van der Waals surface area contributed by atoms with Gasteiger partial charge in [0.05, 0.1) is 0 Å². The van der Waals surface area contributed by atoms with E-state index in [1.807, 2.05) is 0 Å². The van der Waals surface area contributed by atoms with Crippen LogP contribution in [0.2, 0.25) is 18.1 Å². The van der Waals surface area contributed by atoms with E-state index in [4.69, 9.17) is 15.9 Å². The first-order valence-corrected chi connectivity index (χ1v) is 9.21. The first-order chi connectivity index (χ1) is 7.06. The summed E-state index contributed by atoms with van der Waals surface area (Å²) in [6.07, 6.45) is 3.93. The highest BCUT2D eigenvalue weighted by Crippen LogP contribution is 2.41. The fourth-order valence-corrected chi connectivity index (χ4v) is 3.57. The molecule has 1 aliphatic rings. The number of rotatable bonds is 2. The van der Waals surface area contributed by atoms with E-state index in [0.717, 1.165) is 25.7 Å². The van der Waals surface area contributed by atoms with Gasteiger partial charge in [0, 0.05) is 12.5 Å². The first-order valence-electron chi connectivity index (χ1n) is 6.30. The average molecular weight is 244 g/mol. The second-order valence-corrected chi connectivity index (χ2v) is 11.5. The van der Waals surface area contributed by atoms with Crippen LogP contribution in [0.4, 0.5) is 0 Å². The fourth-order valence-electron chi connectivity index (χ4n) is 2.07. The molecule has 1 fully saturated rings. The van der Waals surface area contributed by atoms with E-state index in [9.17, 15) is 0 Å². The topological polar surface area (TPSA) is 61.3 Å². The van der Waals surface area contributed by atoms with Gasteiger partial charge in [0.15, 0.2) is 8.32 Å². The Morgan fingerprint density at radius 1 is 1.31 bits per heavy atom. The van der Waals surface area contributed by atoms with E-state index < -0.39 is 14.0 Å². The van der Waals surface area contributed by atoms with Gasteiger partial charge in [-0.05, 0) is 37.4 Å². The van der Waals surface area contributed by atoms with Crippen LogP contribution in [0, 0.1) is 0 Å². The van der Waals surface area contributed by atoms with Crippen molar-refractivity contribution in [1.82, 2.24) is 0 Å². The van der Waals surface area contributed by atoms with Crippen molar-refractivity contribution in [2.24, 2.45) is 11.5 Å². The molecule has 3 nitrogen and oxygen atoms in total. The molecule has 2 unspecified atom stereocenters. The maximum absolute atomic E-state index is 6.36. The Hall–Kier alpha value is 0.0969. The van der Waals surface area contributed by atoms with Gasteiger partial charge in [0.1, 0.15) is 5.72 Å². The Labute approximate surface area is 101 Å². The minimum Gasteiger partial charge on any atom is -0.399 e. The zero-order valence-corrected chi connectivity index (χ0v) is 12.5. The molecule has 1 aliphatic carbocycles. The van der Waals surface area contributed by atoms with Crippen LogP contribution >= 0.6 is 0 Å². The molecule has 4 N–H and O–H groups in total. The molecule has 0 aromatic heterocycles. The van der Waals surface area contributed by atoms with Crippen molar-refractivity contribution in [2.75, 3.05) is 0 Å². The van der Waals surface area contributed by atoms with Crippen molar-refractivity contribution in [3.8, 4) is 0 Å². The Kier molecular flexibility index (Phi) is 3.90. The summed E-state index contributed by atoms with van der Waals surface area (Å²) < 4.78 is 6.34. The highest BCUT2D eigenvalue weighted by Gasteiger charge is 2.44. The quantitative estimate of drug-likeness (QED) is 0.580. The maximum atomic E-state index is 6.36. The van der Waals surface area contributed by atoms with Crippen molar-refractivity contribution in [1.29, 1.82) is 0 Å². The Morgan fingerprint density at radius 2 is 1.88 bits per heavy atom. The van der Waals surface area contributed by atoms with Gasteiger partial charge in [-0.2, -0.15) is 0 Å². The minimum absolute atomic E-state index is 0.209. The molecule has 0 amide bonds. The zero-order valence-electron chi connectivity index (χ0n) is 11.5. The van der Waals surface area contributed by atoms with Crippen molar-refractivity contribution < 1.29 is 4.43 Å².